The summed E-state index contributed by atoms with van der Waals surface area (Å²) in [6.07, 6.45) is 3.87. The van der Waals surface area contributed by atoms with E-state index in [0.717, 1.165) is 29.0 Å². The first-order valence-electron chi connectivity index (χ1n) is 7.67. The van der Waals surface area contributed by atoms with Crippen molar-refractivity contribution in [1.82, 2.24) is 0 Å². The van der Waals surface area contributed by atoms with E-state index >= 15 is 0 Å². The minimum Gasteiger partial charge on any atom is -0.388 e. The summed E-state index contributed by atoms with van der Waals surface area (Å²) in [7, 11) is 0. The van der Waals surface area contributed by atoms with E-state index < -0.39 is 6.10 Å². The Morgan fingerprint density at radius 2 is 2.00 bits per heavy atom. The minimum atomic E-state index is -0.445. The summed E-state index contributed by atoms with van der Waals surface area (Å²) in [4.78, 5) is 0. The smallest absolute Gasteiger partial charge is 0.0799 e. The van der Waals surface area contributed by atoms with Crippen LogP contribution in [0.25, 0.3) is 0 Å². The van der Waals surface area contributed by atoms with E-state index in [2.05, 4.69) is 24.3 Å². The molecule has 0 bridgehead atoms. The zero-order chi connectivity index (χ0) is 14.8. The first kappa shape index (κ1) is 14.6. The molecule has 0 spiro atoms. The summed E-state index contributed by atoms with van der Waals surface area (Å²) in [6, 6.07) is 14.4. The summed E-state index contributed by atoms with van der Waals surface area (Å²) in [6.45, 7) is 1.98. The quantitative estimate of drug-likeness (QED) is 0.827. The van der Waals surface area contributed by atoms with Crippen LogP contribution < -0.4 is 0 Å². The Bertz CT molecular complexity index is 635. The topological polar surface area (TPSA) is 20.2 Å². The van der Waals surface area contributed by atoms with E-state index in [0.29, 0.717) is 5.92 Å². The van der Waals surface area contributed by atoms with Crippen molar-refractivity contribution in [2.24, 2.45) is 0 Å². The normalized spacial score (nSPS) is 19.1. The molecule has 110 valence electrons. The monoisotopic (exact) mass is 300 g/mol. The Hall–Kier alpha value is -1.31. The van der Waals surface area contributed by atoms with E-state index in [9.17, 15) is 5.11 Å². The molecule has 2 aromatic rings. The highest BCUT2D eigenvalue weighted by molar-refractivity contribution is 6.31. The number of aryl methyl sites for hydroxylation is 1. The first-order valence-corrected chi connectivity index (χ1v) is 8.05. The maximum atomic E-state index is 10.6. The summed E-state index contributed by atoms with van der Waals surface area (Å²) in [5, 5.41) is 11.4. The van der Waals surface area contributed by atoms with Gasteiger partial charge < -0.3 is 5.11 Å². The van der Waals surface area contributed by atoms with Gasteiger partial charge in [0.1, 0.15) is 0 Å². The van der Waals surface area contributed by atoms with Gasteiger partial charge in [-0.3, -0.25) is 0 Å². The van der Waals surface area contributed by atoms with Gasteiger partial charge >= 0.3 is 0 Å². The van der Waals surface area contributed by atoms with Crippen molar-refractivity contribution in [3.63, 3.8) is 0 Å². The van der Waals surface area contributed by atoms with Gasteiger partial charge in [0.05, 0.1) is 6.10 Å². The number of hydrogen-bond acceptors (Lipinski definition) is 1. The highest BCUT2D eigenvalue weighted by atomic mass is 35.5. The molecule has 0 amide bonds. The van der Waals surface area contributed by atoms with Crippen LogP contribution in [-0.4, -0.2) is 5.11 Å². The molecule has 0 heterocycles. The third-order valence-corrected chi connectivity index (χ3v) is 5.08. The van der Waals surface area contributed by atoms with E-state index in [1.165, 1.54) is 24.0 Å². The molecule has 2 heteroatoms. The molecule has 2 atom stereocenters. The second-order valence-electron chi connectivity index (χ2n) is 5.99. The second kappa shape index (κ2) is 6.21. The molecular formula is C19H21ClO. The summed E-state index contributed by atoms with van der Waals surface area (Å²) in [5.41, 5.74) is 4.83. The van der Waals surface area contributed by atoms with Gasteiger partial charge in [-0.1, -0.05) is 48.0 Å². The highest BCUT2D eigenvalue weighted by Gasteiger charge is 2.24. The number of aliphatic hydroxyl groups is 1. The molecule has 1 aliphatic rings. The van der Waals surface area contributed by atoms with E-state index in [-0.39, 0.29) is 0 Å². The Morgan fingerprint density at radius 3 is 2.86 bits per heavy atom. The number of hydrogen-bond donors (Lipinski definition) is 1. The summed E-state index contributed by atoms with van der Waals surface area (Å²) in [5.74, 6) is 0.448. The molecule has 0 saturated heterocycles. The summed E-state index contributed by atoms with van der Waals surface area (Å²) >= 11 is 6.17. The fourth-order valence-electron chi connectivity index (χ4n) is 3.48. The standard InChI is InChI=1S/C19H21ClO/c1-13-16(10-5-11-18(13)20)19(21)12-15-8-4-7-14-6-2-3-9-17(14)15/h2-3,5-6,9-11,15,19,21H,4,7-8,12H2,1H3. The third-order valence-electron chi connectivity index (χ3n) is 4.67. The molecule has 1 N–H and O–H groups in total. The lowest BCUT2D eigenvalue weighted by Gasteiger charge is -2.28. The number of fused-ring (bicyclic) bond motifs is 1. The molecule has 21 heavy (non-hydrogen) atoms. The number of benzene rings is 2. The molecule has 1 nitrogen and oxygen atoms in total. The van der Waals surface area contributed by atoms with Crippen molar-refractivity contribution in [3.8, 4) is 0 Å². The third kappa shape index (κ3) is 3.00. The van der Waals surface area contributed by atoms with E-state index in [4.69, 9.17) is 11.6 Å². The van der Waals surface area contributed by atoms with Crippen molar-refractivity contribution >= 4 is 11.6 Å². The van der Waals surface area contributed by atoms with Crippen LogP contribution in [-0.2, 0) is 6.42 Å². The zero-order valence-electron chi connectivity index (χ0n) is 12.3. The lowest BCUT2D eigenvalue weighted by atomic mass is 9.79. The molecule has 0 radical (unpaired) electrons. The molecule has 3 rings (SSSR count). The molecule has 0 saturated carbocycles. The molecule has 0 fully saturated rings. The van der Waals surface area contributed by atoms with Crippen molar-refractivity contribution in [2.75, 3.05) is 0 Å². The highest BCUT2D eigenvalue weighted by Crippen LogP contribution is 2.38. The van der Waals surface area contributed by atoms with Crippen LogP contribution in [0.5, 0.6) is 0 Å². The van der Waals surface area contributed by atoms with Gasteiger partial charge in [-0.05, 0) is 66.8 Å². The van der Waals surface area contributed by atoms with Crippen LogP contribution in [0.15, 0.2) is 42.5 Å². The average Bonchev–Trinajstić information content (AvgIpc) is 2.50. The predicted octanol–water partition coefficient (Wildman–Crippen LogP) is 5.19. The second-order valence-corrected chi connectivity index (χ2v) is 6.40. The van der Waals surface area contributed by atoms with E-state index in [1.54, 1.807) is 0 Å². The van der Waals surface area contributed by atoms with Gasteiger partial charge in [0.2, 0.25) is 0 Å². The largest absolute Gasteiger partial charge is 0.388 e. The van der Waals surface area contributed by atoms with Gasteiger partial charge in [0.15, 0.2) is 0 Å². The van der Waals surface area contributed by atoms with Crippen LogP contribution in [0.2, 0.25) is 5.02 Å². The molecule has 2 unspecified atom stereocenters. The SMILES string of the molecule is Cc1c(Cl)cccc1C(O)CC1CCCc2ccccc21. The molecule has 0 aromatic heterocycles. The van der Waals surface area contributed by atoms with Crippen molar-refractivity contribution in [3.05, 3.63) is 69.7 Å². The van der Waals surface area contributed by atoms with Crippen LogP contribution in [0, 0.1) is 6.92 Å². The Kier molecular flexibility index (Phi) is 4.32. The van der Waals surface area contributed by atoms with Crippen molar-refractivity contribution in [2.45, 2.75) is 44.6 Å². The van der Waals surface area contributed by atoms with Crippen LogP contribution in [0.4, 0.5) is 0 Å². The van der Waals surface area contributed by atoms with Crippen LogP contribution >= 0.6 is 11.6 Å². The lowest BCUT2D eigenvalue weighted by Crippen LogP contribution is -2.13. The minimum absolute atomic E-state index is 0.445. The molecule has 0 aliphatic heterocycles. The maximum absolute atomic E-state index is 10.6. The van der Waals surface area contributed by atoms with Gasteiger partial charge in [0, 0.05) is 5.02 Å². The summed E-state index contributed by atoms with van der Waals surface area (Å²) < 4.78 is 0. The van der Waals surface area contributed by atoms with Gasteiger partial charge in [-0.2, -0.15) is 0 Å². The molecule has 2 aromatic carbocycles. The fourth-order valence-corrected chi connectivity index (χ4v) is 3.66. The Morgan fingerprint density at radius 1 is 1.19 bits per heavy atom. The van der Waals surface area contributed by atoms with Gasteiger partial charge in [-0.25, -0.2) is 0 Å². The van der Waals surface area contributed by atoms with Crippen LogP contribution in [0.1, 0.15) is 53.5 Å². The van der Waals surface area contributed by atoms with Gasteiger partial charge in [-0.15, -0.1) is 0 Å². The predicted molar refractivity (Wildman–Crippen MR) is 87.9 cm³/mol. The molecule has 1 aliphatic carbocycles. The number of halogens is 1. The van der Waals surface area contributed by atoms with E-state index in [1.807, 2.05) is 25.1 Å². The van der Waals surface area contributed by atoms with Crippen molar-refractivity contribution < 1.29 is 5.11 Å². The Labute approximate surface area is 131 Å². The maximum Gasteiger partial charge on any atom is 0.0799 e. The lowest BCUT2D eigenvalue weighted by molar-refractivity contribution is 0.153. The van der Waals surface area contributed by atoms with Gasteiger partial charge in [0.25, 0.3) is 0 Å². The average molecular weight is 301 g/mol. The van der Waals surface area contributed by atoms with Crippen LogP contribution in [0.3, 0.4) is 0 Å². The first-order chi connectivity index (χ1) is 10.2. The number of aliphatic hydroxyl groups excluding tert-OH is 1. The fraction of sp³-hybridized carbons (Fsp3) is 0.368. The van der Waals surface area contributed by atoms with Crippen molar-refractivity contribution in [1.29, 1.82) is 0 Å². The molecular weight excluding hydrogens is 280 g/mol. The number of rotatable bonds is 3. The Balaban J connectivity index is 1.83. The zero-order valence-corrected chi connectivity index (χ0v) is 13.1.